The first kappa shape index (κ1) is 25.1. The van der Waals surface area contributed by atoms with Crippen molar-refractivity contribution in [3.05, 3.63) is 84.3 Å². The normalized spacial score (nSPS) is 14.5. The lowest BCUT2D eigenvalue weighted by Crippen LogP contribution is -2.36. The van der Waals surface area contributed by atoms with E-state index in [1.54, 1.807) is 22.9 Å². The number of aliphatic hydroxyl groups is 1. The fraction of sp³-hybridized carbons (Fsp3) is 0.393. The molecule has 1 fully saturated rings. The lowest BCUT2D eigenvalue weighted by Gasteiger charge is -2.25. The van der Waals surface area contributed by atoms with Gasteiger partial charge in [-0.05, 0) is 43.0 Å². The van der Waals surface area contributed by atoms with Crippen molar-refractivity contribution in [1.29, 1.82) is 0 Å². The second-order valence-electron chi connectivity index (χ2n) is 9.27. The highest BCUT2D eigenvalue weighted by Crippen LogP contribution is 2.37. The third kappa shape index (κ3) is 6.57. The van der Waals surface area contributed by atoms with Crippen LogP contribution in [-0.4, -0.2) is 51.7 Å². The molecule has 1 N–H and O–H groups in total. The van der Waals surface area contributed by atoms with E-state index in [9.17, 15) is 9.50 Å². The van der Waals surface area contributed by atoms with Crippen molar-refractivity contribution < 1.29 is 19.0 Å². The molecule has 0 radical (unpaired) electrons. The van der Waals surface area contributed by atoms with Crippen LogP contribution < -0.4 is 4.74 Å². The molecule has 0 aliphatic heterocycles. The molecule has 6 nitrogen and oxygen atoms in total. The van der Waals surface area contributed by atoms with Gasteiger partial charge < -0.3 is 14.6 Å². The van der Waals surface area contributed by atoms with Gasteiger partial charge in [-0.2, -0.15) is 5.10 Å². The van der Waals surface area contributed by atoms with E-state index in [-0.39, 0.29) is 18.3 Å². The highest BCUT2D eigenvalue weighted by atomic mass is 19.1. The van der Waals surface area contributed by atoms with Gasteiger partial charge in [0.15, 0.2) is 0 Å². The monoisotopic (exact) mass is 479 g/mol. The van der Waals surface area contributed by atoms with Crippen LogP contribution in [0.1, 0.15) is 43.9 Å². The molecule has 7 heteroatoms. The Balaban J connectivity index is 1.70. The van der Waals surface area contributed by atoms with Crippen LogP contribution in [0.2, 0.25) is 0 Å². The van der Waals surface area contributed by atoms with Gasteiger partial charge in [0.2, 0.25) is 5.88 Å². The zero-order valence-corrected chi connectivity index (χ0v) is 20.4. The molecule has 1 aromatic heterocycles. The summed E-state index contributed by atoms with van der Waals surface area (Å²) in [7, 11) is 0. The van der Waals surface area contributed by atoms with Crippen molar-refractivity contribution in [2.75, 3.05) is 19.8 Å². The molecule has 0 amide bonds. The van der Waals surface area contributed by atoms with E-state index < -0.39 is 6.10 Å². The van der Waals surface area contributed by atoms with Gasteiger partial charge >= 0.3 is 0 Å². The summed E-state index contributed by atoms with van der Waals surface area (Å²) in [6.45, 7) is 9.57. The number of halogens is 1. The van der Waals surface area contributed by atoms with Gasteiger partial charge in [0.1, 0.15) is 11.6 Å². The number of para-hydroxylation sites is 1. The SMILES string of the molecule is C=CCOC[C@H](O)CN(Cc1c(C(C)C)nn(-c2ccccc2)c1Oc1cccc(F)c1)C1CC1. The molecule has 1 aliphatic carbocycles. The van der Waals surface area contributed by atoms with E-state index in [2.05, 4.69) is 25.3 Å². The van der Waals surface area contributed by atoms with Gasteiger partial charge in [-0.25, -0.2) is 9.07 Å². The smallest absolute Gasteiger partial charge is 0.227 e. The van der Waals surface area contributed by atoms with Crippen LogP contribution >= 0.6 is 0 Å². The van der Waals surface area contributed by atoms with Gasteiger partial charge in [-0.3, -0.25) is 4.90 Å². The Morgan fingerprint density at radius 3 is 2.63 bits per heavy atom. The van der Waals surface area contributed by atoms with Crippen molar-refractivity contribution in [3.63, 3.8) is 0 Å². The highest BCUT2D eigenvalue weighted by molar-refractivity contribution is 5.44. The summed E-state index contributed by atoms with van der Waals surface area (Å²) in [6.07, 6.45) is 3.23. The molecule has 35 heavy (non-hydrogen) atoms. The van der Waals surface area contributed by atoms with Crippen LogP contribution in [-0.2, 0) is 11.3 Å². The van der Waals surface area contributed by atoms with Crippen molar-refractivity contribution in [3.8, 4) is 17.3 Å². The minimum atomic E-state index is -0.616. The summed E-state index contributed by atoms with van der Waals surface area (Å²) in [4.78, 5) is 2.28. The maximum atomic E-state index is 14.0. The predicted octanol–water partition coefficient (Wildman–Crippen LogP) is 5.46. The third-order valence-corrected chi connectivity index (χ3v) is 5.94. The van der Waals surface area contributed by atoms with Crippen LogP contribution in [0.3, 0.4) is 0 Å². The first-order valence-electron chi connectivity index (χ1n) is 12.2. The molecular formula is C28H34FN3O3. The zero-order valence-electron chi connectivity index (χ0n) is 20.4. The highest BCUT2D eigenvalue weighted by Gasteiger charge is 2.33. The first-order valence-corrected chi connectivity index (χ1v) is 12.2. The molecule has 3 aromatic rings. The number of ether oxygens (including phenoxy) is 2. The second kappa shape index (κ2) is 11.6. The predicted molar refractivity (Wildman–Crippen MR) is 135 cm³/mol. The molecule has 1 atom stereocenters. The number of hydrogen-bond donors (Lipinski definition) is 1. The number of nitrogens with zero attached hydrogens (tertiary/aromatic N) is 3. The minimum Gasteiger partial charge on any atom is -0.438 e. The van der Waals surface area contributed by atoms with Gasteiger partial charge in [-0.15, -0.1) is 6.58 Å². The number of benzene rings is 2. The summed E-state index contributed by atoms with van der Waals surface area (Å²) in [5.41, 5.74) is 2.73. The largest absolute Gasteiger partial charge is 0.438 e. The number of aliphatic hydroxyl groups excluding tert-OH is 1. The molecule has 1 aliphatic rings. The van der Waals surface area contributed by atoms with E-state index >= 15 is 0 Å². The van der Waals surface area contributed by atoms with Crippen molar-refractivity contribution in [1.82, 2.24) is 14.7 Å². The Kier molecular flexibility index (Phi) is 8.33. The van der Waals surface area contributed by atoms with E-state index in [4.69, 9.17) is 14.6 Å². The quantitative estimate of drug-likeness (QED) is 0.261. The van der Waals surface area contributed by atoms with Gasteiger partial charge in [0, 0.05) is 25.2 Å². The second-order valence-corrected chi connectivity index (χ2v) is 9.27. The van der Waals surface area contributed by atoms with E-state index in [0.29, 0.717) is 37.4 Å². The average molecular weight is 480 g/mol. The standard InChI is InChI=1S/C28H34FN3O3/c1-4-15-34-19-24(33)17-31(22-13-14-22)18-26-27(20(2)3)30-32(23-10-6-5-7-11-23)28(26)35-25-12-8-9-21(29)16-25/h4-12,16,20,22,24,33H,1,13-15,17-19H2,2-3H3/t24-/m1/s1. The molecule has 0 bridgehead atoms. The van der Waals surface area contributed by atoms with Crippen molar-refractivity contribution >= 4 is 0 Å². The van der Waals surface area contributed by atoms with E-state index in [0.717, 1.165) is 29.8 Å². The van der Waals surface area contributed by atoms with E-state index in [1.165, 1.54) is 12.1 Å². The lowest BCUT2D eigenvalue weighted by atomic mass is 10.1. The van der Waals surface area contributed by atoms with Crippen LogP contribution in [0.25, 0.3) is 5.69 Å². The Morgan fingerprint density at radius 1 is 1.20 bits per heavy atom. The molecule has 0 spiro atoms. The molecule has 1 saturated carbocycles. The zero-order chi connectivity index (χ0) is 24.8. The van der Waals surface area contributed by atoms with Crippen LogP contribution in [0, 0.1) is 5.82 Å². The van der Waals surface area contributed by atoms with Crippen LogP contribution in [0.15, 0.2) is 67.3 Å². The third-order valence-electron chi connectivity index (χ3n) is 5.94. The van der Waals surface area contributed by atoms with Gasteiger partial charge in [-0.1, -0.05) is 44.2 Å². The van der Waals surface area contributed by atoms with Crippen molar-refractivity contribution in [2.45, 2.75) is 51.3 Å². The number of hydrogen-bond acceptors (Lipinski definition) is 5. The summed E-state index contributed by atoms with van der Waals surface area (Å²) in [6, 6.07) is 16.3. The fourth-order valence-electron chi connectivity index (χ4n) is 4.15. The number of aromatic nitrogens is 2. The molecule has 2 aromatic carbocycles. The molecule has 186 valence electrons. The number of rotatable bonds is 13. The van der Waals surface area contributed by atoms with Crippen molar-refractivity contribution in [2.24, 2.45) is 0 Å². The van der Waals surface area contributed by atoms with Crippen LogP contribution in [0.5, 0.6) is 11.6 Å². The molecule has 4 rings (SSSR count). The van der Waals surface area contributed by atoms with Gasteiger partial charge in [0.05, 0.1) is 36.3 Å². The Morgan fingerprint density at radius 2 is 1.97 bits per heavy atom. The molecule has 0 unspecified atom stereocenters. The maximum Gasteiger partial charge on any atom is 0.227 e. The average Bonchev–Trinajstić information content (AvgIpc) is 3.63. The maximum absolute atomic E-state index is 14.0. The Hall–Kier alpha value is -3.00. The summed E-state index contributed by atoms with van der Waals surface area (Å²) >= 11 is 0. The Bertz CT molecular complexity index is 1110. The Labute approximate surface area is 206 Å². The molecule has 0 saturated heterocycles. The minimum absolute atomic E-state index is 0.145. The molecule has 1 heterocycles. The lowest BCUT2D eigenvalue weighted by molar-refractivity contribution is 0.0226. The van der Waals surface area contributed by atoms with Gasteiger partial charge in [0.25, 0.3) is 0 Å². The van der Waals surface area contributed by atoms with E-state index in [1.807, 2.05) is 30.3 Å². The summed E-state index contributed by atoms with van der Waals surface area (Å²) < 4.78 is 27.6. The summed E-state index contributed by atoms with van der Waals surface area (Å²) in [5.74, 6) is 0.760. The molecular weight excluding hydrogens is 445 g/mol. The van der Waals surface area contributed by atoms with Crippen LogP contribution in [0.4, 0.5) is 4.39 Å². The summed E-state index contributed by atoms with van der Waals surface area (Å²) in [5, 5.41) is 15.5. The first-order chi connectivity index (χ1) is 17.0. The topological polar surface area (TPSA) is 59.8 Å². The fourth-order valence-corrected chi connectivity index (χ4v) is 4.15.